The van der Waals surface area contributed by atoms with Crippen LogP contribution in [0.3, 0.4) is 0 Å². The van der Waals surface area contributed by atoms with Crippen LogP contribution >= 0.6 is 27.3 Å². The summed E-state index contributed by atoms with van der Waals surface area (Å²) in [6.45, 7) is 2.98. The lowest BCUT2D eigenvalue weighted by atomic mass is 10.1. The number of nitrogens with one attached hydrogen (secondary N) is 1. The first-order chi connectivity index (χ1) is 9.74. The lowest BCUT2D eigenvalue weighted by Gasteiger charge is -2.03. The molecule has 0 fully saturated rings. The molecule has 0 unspecified atom stereocenters. The van der Waals surface area contributed by atoms with Crippen molar-refractivity contribution in [3.63, 3.8) is 0 Å². The van der Waals surface area contributed by atoms with Gasteiger partial charge in [0.15, 0.2) is 5.13 Å². The topological polar surface area (TPSA) is 24.9 Å². The fourth-order valence-corrected chi connectivity index (χ4v) is 3.46. The van der Waals surface area contributed by atoms with Crippen molar-refractivity contribution >= 4 is 42.6 Å². The molecule has 0 amide bonds. The molecule has 0 saturated carbocycles. The second-order valence-electron chi connectivity index (χ2n) is 4.65. The van der Waals surface area contributed by atoms with E-state index in [2.05, 4.69) is 63.5 Å². The number of halogens is 1. The van der Waals surface area contributed by atoms with Gasteiger partial charge in [-0.05, 0) is 35.7 Å². The number of nitrogens with zero attached hydrogens (tertiary/aromatic N) is 1. The number of benzene rings is 2. The molecule has 0 aliphatic rings. The van der Waals surface area contributed by atoms with Crippen molar-refractivity contribution in [1.82, 2.24) is 4.98 Å². The van der Waals surface area contributed by atoms with Crippen molar-refractivity contribution in [1.29, 1.82) is 0 Å². The standard InChI is InChI=1S/C16H15BrN2S/c1-2-11-3-5-12(6-4-11)10-18-16-19-14-8-7-13(17)9-15(14)20-16/h3-9H,2,10H2,1H3,(H,18,19). The first kappa shape index (κ1) is 13.6. The lowest BCUT2D eigenvalue weighted by molar-refractivity contribution is 1.10. The van der Waals surface area contributed by atoms with Crippen LogP contribution in [-0.4, -0.2) is 4.98 Å². The minimum Gasteiger partial charge on any atom is -0.357 e. The van der Waals surface area contributed by atoms with Crippen LogP contribution in [-0.2, 0) is 13.0 Å². The molecule has 0 spiro atoms. The van der Waals surface area contributed by atoms with Crippen molar-refractivity contribution in [2.75, 3.05) is 5.32 Å². The minimum atomic E-state index is 0.811. The summed E-state index contributed by atoms with van der Waals surface area (Å²) >= 11 is 5.18. The summed E-state index contributed by atoms with van der Waals surface area (Å²) in [7, 11) is 0. The van der Waals surface area contributed by atoms with Gasteiger partial charge in [0.2, 0.25) is 0 Å². The lowest BCUT2D eigenvalue weighted by Crippen LogP contribution is -1.98. The number of hydrogen-bond donors (Lipinski definition) is 1. The van der Waals surface area contributed by atoms with E-state index in [1.807, 2.05) is 12.1 Å². The molecule has 0 saturated heterocycles. The number of aromatic nitrogens is 1. The van der Waals surface area contributed by atoms with E-state index in [9.17, 15) is 0 Å². The zero-order valence-electron chi connectivity index (χ0n) is 11.2. The zero-order valence-corrected chi connectivity index (χ0v) is 13.6. The van der Waals surface area contributed by atoms with E-state index >= 15 is 0 Å². The summed E-state index contributed by atoms with van der Waals surface area (Å²) in [6.07, 6.45) is 1.08. The van der Waals surface area contributed by atoms with Gasteiger partial charge in [0.1, 0.15) is 0 Å². The molecule has 0 aliphatic carbocycles. The number of thiazole rings is 1. The highest BCUT2D eigenvalue weighted by Gasteiger charge is 2.04. The zero-order chi connectivity index (χ0) is 13.9. The second-order valence-corrected chi connectivity index (χ2v) is 6.60. The Labute approximate surface area is 131 Å². The van der Waals surface area contributed by atoms with Crippen LogP contribution in [0.2, 0.25) is 0 Å². The van der Waals surface area contributed by atoms with Crippen LogP contribution < -0.4 is 5.32 Å². The molecular weight excluding hydrogens is 332 g/mol. The van der Waals surface area contributed by atoms with Crippen LogP contribution in [0.25, 0.3) is 10.2 Å². The number of fused-ring (bicyclic) bond motifs is 1. The van der Waals surface area contributed by atoms with E-state index in [0.29, 0.717) is 0 Å². The second kappa shape index (κ2) is 5.94. The molecule has 2 aromatic carbocycles. The molecular formula is C16H15BrN2S. The third-order valence-electron chi connectivity index (χ3n) is 3.23. The summed E-state index contributed by atoms with van der Waals surface area (Å²) in [5.74, 6) is 0. The largest absolute Gasteiger partial charge is 0.357 e. The van der Waals surface area contributed by atoms with E-state index < -0.39 is 0 Å². The molecule has 2 nitrogen and oxygen atoms in total. The van der Waals surface area contributed by atoms with Gasteiger partial charge in [-0.15, -0.1) is 0 Å². The number of aryl methyl sites for hydroxylation is 1. The Morgan fingerprint density at radius 2 is 1.85 bits per heavy atom. The first-order valence-electron chi connectivity index (χ1n) is 6.62. The minimum absolute atomic E-state index is 0.811. The maximum Gasteiger partial charge on any atom is 0.184 e. The summed E-state index contributed by atoms with van der Waals surface area (Å²) in [5.41, 5.74) is 3.70. The Morgan fingerprint density at radius 1 is 1.10 bits per heavy atom. The van der Waals surface area contributed by atoms with Crippen LogP contribution in [0, 0.1) is 0 Å². The van der Waals surface area contributed by atoms with E-state index in [4.69, 9.17) is 0 Å². The molecule has 1 N–H and O–H groups in total. The third kappa shape index (κ3) is 3.02. The molecule has 0 bridgehead atoms. The highest BCUT2D eigenvalue weighted by atomic mass is 79.9. The fraction of sp³-hybridized carbons (Fsp3) is 0.188. The van der Waals surface area contributed by atoms with Crippen molar-refractivity contribution < 1.29 is 0 Å². The maximum atomic E-state index is 4.59. The Kier molecular flexibility index (Phi) is 4.03. The molecule has 4 heteroatoms. The molecule has 0 atom stereocenters. The van der Waals surface area contributed by atoms with Crippen LogP contribution in [0.5, 0.6) is 0 Å². The highest BCUT2D eigenvalue weighted by Crippen LogP contribution is 2.28. The Balaban J connectivity index is 1.72. The van der Waals surface area contributed by atoms with Crippen molar-refractivity contribution in [3.05, 3.63) is 58.1 Å². The van der Waals surface area contributed by atoms with Gasteiger partial charge in [-0.3, -0.25) is 0 Å². The molecule has 3 aromatic rings. The van der Waals surface area contributed by atoms with Crippen molar-refractivity contribution in [2.45, 2.75) is 19.9 Å². The van der Waals surface area contributed by atoms with Crippen molar-refractivity contribution in [2.24, 2.45) is 0 Å². The highest BCUT2D eigenvalue weighted by molar-refractivity contribution is 9.10. The first-order valence-corrected chi connectivity index (χ1v) is 8.23. The monoisotopic (exact) mass is 346 g/mol. The van der Waals surface area contributed by atoms with Gasteiger partial charge in [0, 0.05) is 11.0 Å². The molecule has 102 valence electrons. The Morgan fingerprint density at radius 3 is 2.60 bits per heavy atom. The van der Waals surface area contributed by atoms with Gasteiger partial charge in [0.25, 0.3) is 0 Å². The van der Waals surface area contributed by atoms with E-state index in [-0.39, 0.29) is 0 Å². The number of anilines is 1. The maximum absolute atomic E-state index is 4.59. The quantitative estimate of drug-likeness (QED) is 0.699. The summed E-state index contributed by atoms with van der Waals surface area (Å²) in [4.78, 5) is 4.59. The average Bonchev–Trinajstić information content (AvgIpc) is 2.87. The Bertz CT molecular complexity index is 719. The Hall–Kier alpha value is -1.39. The predicted molar refractivity (Wildman–Crippen MR) is 90.5 cm³/mol. The molecule has 0 radical (unpaired) electrons. The SMILES string of the molecule is CCc1ccc(CNc2nc3ccc(Br)cc3s2)cc1. The third-order valence-corrected chi connectivity index (χ3v) is 4.69. The fourth-order valence-electron chi connectivity index (χ4n) is 2.04. The van der Waals surface area contributed by atoms with E-state index in [1.54, 1.807) is 11.3 Å². The smallest absolute Gasteiger partial charge is 0.184 e. The van der Waals surface area contributed by atoms with Gasteiger partial charge in [-0.2, -0.15) is 0 Å². The summed E-state index contributed by atoms with van der Waals surface area (Å²) in [5, 5.41) is 4.37. The molecule has 20 heavy (non-hydrogen) atoms. The van der Waals surface area contributed by atoms with Gasteiger partial charge in [0.05, 0.1) is 10.2 Å². The van der Waals surface area contributed by atoms with Gasteiger partial charge >= 0.3 is 0 Å². The van der Waals surface area contributed by atoms with Crippen molar-refractivity contribution in [3.8, 4) is 0 Å². The summed E-state index contributed by atoms with van der Waals surface area (Å²) in [6, 6.07) is 14.9. The molecule has 1 aromatic heterocycles. The van der Waals surface area contributed by atoms with Gasteiger partial charge < -0.3 is 5.32 Å². The summed E-state index contributed by atoms with van der Waals surface area (Å²) < 4.78 is 2.29. The number of hydrogen-bond acceptors (Lipinski definition) is 3. The molecule has 1 heterocycles. The van der Waals surface area contributed by atoms with Gasteiger partial charge in [-0.1, -0.05) is 58.5 Å². The van der Waals surface area contributed by atoms with E-state index in [0.717, 1.165) is 28.1 Å². The van der Waals surface area contributed by atoms with Gasteiger partial charge in [-0.25, -0.2) is 4.98 Å². The number of rotatable bonds is 4. The predicted octanol–water partition coefficient (Wildman–Crippen LogP) is 5.23. The average molecular weight is 347 g/mol. The molecule has 3 rings (SSSR count). The van der Waals surface area contributed by atoms with Crippen LogP contribution in [0.4, 0.5) is 5.13 Å². The molecule has 0 aliphatic heterocycles. The normalized spacial score (nSPS) is 10.9. The van der Waals surface area contributed by atoms with Crippen LogP contribution in [0.15, 0.2) is 46.9 Å². The van der Waals surface area contributed by atoms with E-state index in [1.165, 1.54) is 15.8 Å². The van der Waals surface area contributed by atoms with Crippen LogP contribution in [0.1, 0.15) is 18.1 Å².